The molecule has 0 bridgehead atoms. The molecule has 1 N–H and O–H groups in total. The van der Waals surface area contributed by atoms with Gasteiger partial charge in [0, 0.05) is 31.7 Å². The Kier molecular flexibility index (Phi) is 7.57. The quantitative estimate of drug-likeness (QED) is 0.893. The third kappa shape index (κ3) is 5.23. The molecule has 1 aromatic carbocycles. The molecule has 24 heavy (non-hydrogen) atoms. The highest BCUT2D eigenvalue weighted by Gasteiger charge is 2.18. The summed E-state index contributed by atoms with van der Waals surface area (Å²) in [4.78, 5) is 14.4. The average molecular weight is 332 g/mol. The highest BCUT2D eigenvalue weighted by atomic mass is 16.5. The summed E-state index contributed by atoms with van der Waals surface area (Å²) in [5.41, 5.74) is 0.738. The smallest absolute Gasteiger partial charge is 0.254 e. The molecule has 2 fully saturated rings. The van der Waals surface area contributed by atoms with Crippen LogP contribution in [0.15, 0.2) is 24.3 Å². The first-order valence-corrected chi connectivity index (χ1v) is 9.06. The molecule has 2 aliphatic rings. The minimum Gasteiger partial charge on any atom is -0.494 e. The van der Waals surface area contributed by atoms with Crippen LogP contribution in [0.2, 0.25) is 0 Å². The maximum absolute atomic E-state index is 12.5. The highest BCUT2D eigenvalue weighted by Crippen LogP contribution is 2.26. The number of carbonyl (C=O) groups is 1. The Balaban J connectivity index is 0.00000208. The Hall–Kier alpha value is -1.55. The van der Waals surface area contributed by atoms with E-state index >= 15 is 0 Å². The molecular weight excluding hydrogens is 300 g/mol. The van der Waals surface area contributed by atoms with E-state index in [-0.39, 0.29) is 13.3 Å². The predicted molar refractivity (Wildman–Crippen MR) is 98.6 cm³/mol. The molecule has 0 atom stereocenters. The first kappa shape index (κ1) is 18.8. The normalized spacial score (nSPS) is 18.8. The van der Waals surface area contributed by atoms with Crippen LogP contribution in [-0.4, -0.2) is 43.6 Å². The number of hydrogen-bond donors (Lipinski definition) is 1. The van der Waals surface area contributed by atoms with Crippen molar-refractivity contribution < 1.29 is 9.53 Å². The fraction of sp³-hybridized carbons (Fsp3) is 0.650. The molecule has 1 saturated heterocycles. The van der Waals surface area contributed by atoms with Gasteiger partial charge in [-0.05, 0) is 30.5 Å². The molecule has 1 aromatic rings. The zero-order valence-corrected chi connectivity index (χ0v) is 13.9. The van der Waals surface area contributed by atoms with Crippen molar-refractivity contribution in [3.05, 3.63) is 29.8 Å². The summed E-state index contributed by atoms with van der Waals surface area (Å²) in [5, 5.41) is 3.27. The van der Waals surface area contributed by atoms with Gasteiger partial charge in [0.1, 0.15) is 5.75 Å². The summed E-state index contributed by atoms with van der Waals surface area (Å²) in [6.45, 7) is 4.08. The van der Waals surface area contributed by atoms with E-state index in [9.17, 15) is 4.79 Å². The van der Waals surface area contributed by atoms with E-state index in [1.807, 2.05) is 29.2 Å². The summed E-state index contributed by atoms with van der Waals surface area (Å²) in [7, 11) is 0. The second kappa shape index (κ2) is 9.67. The standard InChI is InChI=1S/C19H28N2O2.CH4/c22-19(21-12-10-20-11-13-21)17-7-4-8-18(15-17)23-14-9-16-5-2-1-3-6-16;/h4,7-8,15-16,20H,1-3,5-6,9-14H2;1H4. The molecule has 4 heteroatoms. The van der Waals surface area contributed by atoms with Crippen LogP contribution in [0.1, 0.15) is 56.3 Å². The van der Waals surface area contributed by atoms with Crippen molar-refractivity contribution in [1.29, 1.82) is 0 Å². The summed E-state index contributed by atoms with van der Waals surface area (Å²) in [6.07, 6.45) is 7.98. The first-order chi connectivity index (χ1) is 11.3. The van der Waals surface area contributed by atoms with Gasteiger partial charge in [-0.2, -0.15) is 0 Å². The predicted octanol–water partition coefficient (Wildman–Crippen LogP) is 3.72. The topological polar surface area (TPSA) is 41.6 Å². The van der Waals surface area contributed by atoms with Crippen LogP contribution in [0.4, 0.5) is 0 Å². The number of piperazine rings is 1. The lowest BCUT2D eigenvalue weighted by atomic mass is 9.87. The second-order valence-electron chi connectivity index (χ2n) is 6.71. The Morgan fingerprint density at radius 1 is 1.17 bits per heavy atom. The molecule has 1 saturated carbocycles. The summed E-state index contributed by atoms with van der Waals surface area (Å²) < 4.78 is 5.90. The summed E-state index contributed by atoms with van der Waals surface area (Å²) in [6, 6.07) is 7.66. The lowest BCUT2D eigenvalue weighted by molar-refractivity contribution is 0.0735. The molecule has 134 valence electrons. The number of rotatable bonds is 5. The minimum atomic E-state index is 0. The van der Waals surface area contributed by atoms with Gasteiger partial charge in [-0.15, -0.1) is 0 Å². The number of amides is 1. The van der Waals surface area contributed by atoms with Gasteiger partial charge in [0.2, 0.25) is 0 Å². The van der Waals surface area contributed by atoms with Crippen molar-refractivity contribution >= 4 is 5.91 Å². The molecular formula is C20H32N2O2. The second-order valence-corrected chi connectivity index (χ2v) is 6.71. The van der Waals surface area contributed by atoms with Crippen LogP contribution < -0.4 is 10.1 Å². The molecule has 1 aliphatic heterocycles. The molecule has 0 unspecified atom stereocenters. The molecule has 0 aromatic heterocycles. The van der Waals surface area contributed by atoms with Gasteiger partial charge in [0.25, 0.3) is 5.91 Å². The summed E-state index contributed by atoms with van der Waals surface area (Å²) in [5.74, 6) is 1.76. The van der Waals surface area contributed by atoms with Crippen molar-refractivity contribution in [3.8, 4) is 5.75 Å². The van der Waals surface area contributed by atoms with Gasteiger partial charge >= 0.3 is 0 Å². The number of nitrogens with one attached hydrogen (secondary N) is 1. The number of hydrogen-bond acceptors (Lipinski definition) is 3. The van der Waals surface area contributed by atoms with E-state index in [1.165, 1.54) is 32.1 Å². The first-order valence-electron chi connectivity index (χ1n) is 9.06. The van der Waals surface area contributed by atoms with E-state index < -0.39 is 0 Å². The van der Waals surface area contributed by atoms with Crippen molar-refractivity contribution in [2.24, 2.45) is 5.92 Å². The van der Waals surface area contributed by atoms with Crippen molar-refractivity contribution in [3.63, 3.8) is 0 Å². The van der Waals surface area contributed by atoms with Gasteiger partial charge in [-0.1, -0.05) is 45.6 Å². The van der Waals surface area contributed by atoms with Crippen LogP contribution in [0.3, 0.4) is 0 Å². The molecule has 3 rings (SSSR count). The Labute approximate surface area is 146 Å². The van der Waals surface area contributed by atoms with Crippen LogP contribution in [0, 0.1) is 5.92 Å². The lowest BCUT2D eigenvalue weighted by Gasteiger charge is -2.27. The van der Waals surface area contributed by atoms with E-state index in [0.717, 1.165) is 56.4 Å². The molecule has 0 radical (unpaired) electrons. The monoisotopic (exact) mass is 332 g/mol. The largest absolute Gasteiger partial charge is 0.494 e. The van der Waals surface area contributed by atoms with Crippen LogP contribution in [0.25, 0.3) is 0 Å². The number of benzene rings is 1. The van der Waals surface area contributed by atoms with Crippen molar-refractivity contribution in [1.82, 2.24) is 10.2 Å². The van der Waals surface area contributed by atoms with Crippen LogP contribution in [0.5, 0.6) is 5.75 Å². The zero-order valence-electron chi connectivity index (χ0n) is 13.9. The fourth-order valence-corrected chi connectivity index (χ4v) is 3.59. The fourth-order valence-electron chi connectivity index (χ4n) is 3.59. The minimum absolute atomic E-state index is 0. The van der Waals surface area contributed by atoms with Crippen LogP contribution >= 0.6 is 0 Å². The SMILES string of the molecule is C.O=C(c1cccc(OCCC2CCCCC2)c1)N1CCNCC1. The van der Waals surface area contributed by atoms with E-state index in [0.29, 0.717) is 0 Å². The third-order valence-corrected chi connectivity index (χ3v) is 5.00. The maximum Gasteiger partial charge on any atom is 0.254 e. The molecule has 1 amide bonds. The Morgan fingerprint density at radius 2 is 1.92 bits per heavy atom. The van der Waals surface area contributed by atoms with Gasteiger partial charge in [0.05, 0.1) is 6.61 Å². The van der Waals surface area contributed by atoms with E-state index in [1.54, 1.807) is 0 Å². The molecule has 1 heterocycles. The van der Waals surface area contributed by atoms with E-state index in [4.69, 9.17) is 4.74 Å². The molecule has 1 aliphatic carbocycles. The maximum atomic E-state index is 12.5. The van der Waals surface area contributed by atoms with Crippen LogP contribution in [-0.2, 0) is 0 Å². The van der Waals surface area contributed by atoms with Gasteiger partial charge in [-0.3, -0.25) is 4.79 Å². The third-order valence-electron chi connectivity index (χ3n) is 5.00. The lowest BCUT2D eigenvalue weighted by Crippen LogP contribution is -2.46. The highest BCUT2D eigenvalue weighted by molar-refractivity contribution is 5.94. The Morgan fingerprint density at radius 3 is 2.67 bits per heavy atom. The van der Waals surface area contributed by atoms with Gasteiger partial charge in [-0.25, -0.2) is 0 Å². The van der Waals surface area contributed by atoms with Gasteiger partial charge < -0.3 is 15.0 Å². The van der Waals surface area contributed by atoms with Crippen molar-refractivity contribution in [2.45, 2.75) is 46.0 Å². The summed E-state index contributed by atoms with van der Waals surface area (Å²) >= 11 is 0. The number of ether oxygens (including phenoxy) is 1. The number of carbonyl (C=O) groups excluding carboxylic acids is 1. The Bertz CT molecular complexity index is 506. The average Bonchev–Trinajstić information content (AvgIpc) is 2.63. The molecule has 0 spiro atoms. The van der Waals surface area contributed by atoms with Gasteiger partial charge in [0.15, 0.2) is 0 Å². The number of nitrogens with zero attached hydrogens (tertiary/aromatic N) is 1. The zero-order chi connectivity index (χ0) is 15.9. The molecule has 4 nitrogen and oxygen atoms in total. The van der Waals surface area contributed by atoms with E-state index in [2.05, 4.69) is 5.32 Å². The van der Waals surface area contributed by atoms with Crippen molar-refractivity contribution in [2.75, 3.05) is 32.8 Å².